The summed E-state index contributed by atoms with van der Waals surface area (Å²) in [5.74, 6) is 1.01. The van der Waals surface area contributed by atoms with E-state index in [1.165, 1.54) is 25.6 Å². The number of amides is 1. The van der Waals surface area contributed by atoms with E-state index in [-0.39, 0.29) is 5.91 Å². The Labute approximate surface area is 222 Å². The summed E-state index contributed by atoms with van der Waals surface area (Å²) in [6.45, 7) is 2.75. The van der Waals surface area contributed by atoms with Crippen LogP contribution in [0.25, 0.3) is 28.0 Å². The van der Waals surface area contributed by atoms with Crippen LogP contribution < -0.4 is 15.4 Å². The lowest BCUT2D eigenvalue weighted by Gasteiger charge is -2.33. The Kier molecular flexibility index (Phi) is 7.11. The Balaban J connectivity index is 1.46. The number of nitrogen functional groups attached to an aromatic ring is 1. The molecule has 1 fully saturated rings. The van der Waals surface area contributed by atoms with Crippen LogP contribution in [-0.2, 0) is 4.79 Å². The van der Waals surface area contributed by atoms with Crippen molar-refractivity contribution in [2.45, 2.75) is 32.2 Å². The van der Waals surface area contributed by atoms with E-state index in [0.717, 1.165) is 34.8 Å². The second kappa shape index (κ2) is 10.6. The van der Waals surface area contributed by atoms with Crippen molar-refractivity contribution in [3.05, 3.63) is 66.5 Å². The number of aromatic nitrogens is 4. The zero-order valence-electron chi connectivity index (χ0n) is 22.3. The highest BCUT2D eigenvalue weighted by Gasteiger charge is 2.21. The Hall–Kier alpha value is -4.24. The normalized spacial score (nSPS) is 13.8. The summed E-state index contributed by atoms with van der Waals surface area (Å²) in [4.78, 5) is 25.5. The minimum Gasteiger partial charge on any atom is -0.496 e. The summed E-state index contributed by atoms with van der Waals surface area (Å²) in [5, 5.41) is 5.55. The van der Waals surface area contributed by atoms with Crippen LogP contribution in [0.15, 0.2) is 60.9 Å². The number of likely N-dealkylation sites (N-methyl/N-ethyl adjacent to an activating group) is 2. The summed E-state index contributed by atoms with van der Waals surface area (Å²) in [5.41, 5.74) is 10.9. The van der Waals surface area contributed by atoms with Crippen LogP contribution in [0.2, 0.25) is 0 Å². The quantitative estimate of drug-likeness (QED) is 0.350. The van der Waals surface area contributed by atoms with Gasteiger partial charge in [-0.1, -0.05) is 30.7 Å². The van der Waals surface area contributed by atoms with Crippen LogP contribution in [0, 0.1) is 6.92 Å². The third-order valence-corrected chi connectivity index (χ3v) is 7.32. The van der Waals surface area contributed by atoms with Crippen LogP contribution in [0.4, 0.5) is 11.5 Å². The number of aryl methyl sites for hydroxylation is 1. The smallest absolute Gasteiger partial charge is 0.250 e. The first-order valence-electron chi connectivity index (χ1n) is 12.8. The van der Waals surface area contributed by atoms with Crippen LogP contribution in [-0.4, -0.2) is 64.3 Å². The van der Waals surface area contributed by atoms with Crippen LogP contribution in [0.3, 0.4) is 0 Å². The number of methoxy groups -OCH3 is 1. The summed E-state index contributed by atoms with van der Waals surface area (Å²) < 4.78 is 7.26. The molecule has 0 radical (unpaired) electrons. The highest BCUT2D eigenvalue weighted by molar-refractivity contribution is 6.01. The fourth-order valence-corrected chi connectivity index (χ4v) is 4.69. The molecule has 2 aromatic carbocycles. The van der Waals surface area contributed by atoms with Gasteiger partial charge in [-0.05, 0) is 56.6 Å². The van der Waals surface area contributed by atoms with Crippen LogP contribution >= 0.6 is 0 Å². The zero-order chi connectivity index (χ0) is 26.8. The number of hydrogen-bond donors (Lipinski definition) is 1. The molecule has 0 unspecified atom stereocenters. The van der Waals surface area contributed by atoms with Crippen LogP contribution in [0.1, 0.15) is 24.8 Å². The van der Waals surface area contributed by atoms with Crippen LogP contribution in [0.5, 0.6) is 5.75 Å². The molecule has 1 amide bonds. The van der Waals surface area contributed by atoms with Gasteiger partial charge in [0.2, 0.25) is 5.91 Å². The van der Waals surface area contributed by atoms with Gasteiger partial charge in [-0.3, -0.25) is 9.69 Å². The number of nitrogens with zero attached hydrogens (tertiary/aromatic N) is 6. The van der Waals surface area contributed by atoms with E-state index in [0.29, 0.717) is 28.6 Å². The number of hydrogen-bond acceptors (Lipinski definition) is 7. The highest BCUT2D eigenvalue weighted by atomic mass is 16.5. The van der Waals surface area contributed by atoms with Crippen molar-refractivity contribution in [2.75, 3.05) is 38.4 Å². The molecule has 38 heavy (non-hydrogen) atoms. The fraction of sp³-hybridized carbons (Fsp3) is 0.310. The number of ether oxygens (including phenoxy) is 1. The van der Waals surface area contributed by atoms with Crippen molar-refractivity contribution in [3.63, 3.8) is 0 Å². The van der Waals surface area contributed by atoms with Crippen molar-refractivity contribution < 1.29 is 9.53 Å². The van der Waals surface area contributed by atoms with E-state index in [1.807, 2.05) is 55.5 Å². The van der Waals surface area contributed by atoms with Gasteiger partial charge < -0.3 is 15.4 Å². The van der Waals surface area contributed by atoms with Gasteiger partial charge in [-0.25, -0.2) is 14.6 Å². The maximum Gasteiger partial charge on any atom is 0.250 e. The standard InChI is InChI=1S/C29H33N7O2/c1-19-13-14-20(16-24(19)38-4)27-26-28(30)31-18-32-29(26)36(33-27)23-11-6-10-22(17-23)35(3)25(37)12-7-15-34(2)21-8-5-9-21/h6-7,10-14,16-18,21H,5,8-9,15H2,1-4H3,(H2,30,31,32)/b12-7+. The lowest BCUT2D eigenvalue weighted by Crippen LogP contribution is -2.37. The molecule has 1 aliphatic carbocycles. The Bertz CT molecular complexity index is 1510. The molecular formula is C29H33N7O2. The van der Waals surface area contributed by atoms with Gasteiger partial charge in [-0.2, -0.15) is 5.10 Å². The predicted octanol–water partition coefficient (Wildman–Crippen LogP) is 4.39. The van der Waals surface area contributed by atoms with Gasteiger partial charge >= 0.3 is 0 Å². The maximum absolute atomic E-state index is 12.9. The van der Waals surface area contributed by atoms with Crippen molar-refractivity contribution >= 4 is 28.4 Å². The van der Waals surface area contributed by atoms with E-state index < -0.39 is 0 Å². The lowest BCUT2D eigenvalue weighted by atomic mass is 9.92. The molecule has 1 saturated carbocycles. The first-order valence-corrected chi connectivity index (χ1v) is 12.8. The zero-order valence-corrected chi connectivity index (χ0v) is 22.3. The number of anilines is 2. The number of fused-ring (bicyclic) bond motifs is 1. The molecule has 0 atom stereocenters. The number of nitrogens with two attached hydrogens (primary N) is 1. The van der Waals surface area contributed by atoms with Gasteiger partial charge in [0.1, 0.15) is 23.6 Å². The lowest BCUT2D eigenvalue weighted by molar-refractivity contribution is -0.113. The van der Waals surface area contributed by atoms with E-state index in [1.54, 1.807) is 29.8 Å². The SMILES string of the molecule is COc1cc(-c2nn(-c3cccc(N(C)C(=O)/C=C/CN(C)C4CCC4)c3)c3ncnc(N)c23)ccc1C. The topological polar surface area (TPSA) is 102 Å². The molecule has 0 bridgehead atoms. The van der Waals surface area contributed by atoms with Gasteiger partial charge in [0.05, 0.1) is 18.2 Å². The Morgan fingerprint density at radius 3 is 2.74 bits per heavy atom. The Morgan fingerprint density at radius 1 is 1.18 bits per heavy atom. The Morgan fingerprint density at radius 2 is 2.00 bits per heavy atom. The molecule has 9 nitrogen and oxygen atoms in total. The molecular weight excluding hydrogens is 478 g/mol. The second-order valence-electron chi connectivity index (χ2n) is 9.75. The third kappa shape index (κ3) is 4.84. The maximum atomic E-state index is 12.9. The van der Waals surface area contributed by atoms with Crippen molar-refractivity contribution in [1.29, 1.82) is 0 Å². The molecule has 1 aliphatic rings. The molecule has 2 aromatic heterocycles. The minimum atomic E-state index is -0.0894. The molecule has 5 rings (SSSR count). The molecule has 0 aliphatic heterocycles. The van der Waals surface area contributed by atoms with Gasteiger partial charge in [-0.15, -0.1) is 0 Å². The average Bonchev–Trinajstić information content (AvgIpc) is 3.28. The number of carbonyl (C=O) groups excluding carboxylic acids is 1. The van der Waals surface area contributed by atoms with E-state index in [9.17, 15) is 4.79 Å². The second-order valence-corrected chi connectivity index (χ2v) is 9.75. The average molecular weight is 512 g/mol. The van der Waals surface area contributed by atoms with E-state index in [4.69, 9.17) is 15.6 Å². The predicted molar refractivity (Wildman–Crippen MR) is 151 cm³/mol. The monoisotopic (exact) mass is 511 g/mol. The molecule has 196 valence electrons. The molecule has 2 N–H and O–H groups in total. The number of benzene rings is 2. The third-order valence-electron chi connectivity index (χ3n) is 7.32. The molecule has 0 saturated heterocycles. The number of rotatable bonds is 8. The fourth-order valence-electron chi connectivity index (χ4n) is 4.69. The summed E-state index contributed by atoms with van der Waals surface area (Å²) in [7, 11) is 5.52. The van der Waals surface area contributed by atoms with Crippen molar-refractivity contribution in [2.24, 2.45) is 0 Å². The summed E-state index contributed by atoms with van der Waals surface area (Å²) in [6, 6.07) is 14.2. The first-order chi connectivity index (χ1) is 18.4. The van der Waals surface area contributed by atoms with E-state index in [2.05, 4.69) is 21.9 Å². The summed E-state index contributed by atoms with van der Waals surface area (Å²) >= 11 is 0. The largest absolute Gasteiger partial charge is 0.496 e. The number of carbonyl (C=O) groups is 1. The highest BCUT2D eigenvalue weighted by Crippen LogP contribution is 2.34. The minimum absolute atomic E-state index is 0.0894. The molecule has 4 aromatic rings. The molecule has 0 spiro atoms. The van der Waals surface area contributed by atoms with Crippen molar-refractivity contribution in [3.8, 4) is 22.7 Å². The van der Waals surface area contributed by atoms with E-state index >= 15 is 0 Å². The van der Waals surface area contributed by atoms with Gasteiger partial charge in [0.25, 0.3) is 0 Å². The first kappa shape index (κ1) is 25.4. The van der Waals surface area contributed by atoms with Crippen molar-refractivity contribution in [1.82, 2.24) is 24.6 Å². The van der Waals surface area contributed by atoms with Gasteiger partial charge in [0.15, 0.2) is 5.65 Å². The molecule has 2 heterocycles. The summed E-state index contributed by atoms with van der Waals surface area (Å²) in [6.07, 6.45) is 8.78. The van der Waals surface area contributed by atoms with Gasteiger partial charge in [0, 0.05) is 37.0 Å². The molecule has 9 heteroatoms.